The second kappa shape index (κ2) is 24.0. The van der Waals surface area contributed by atoms with Crippen molar-refractivity contribution in [1.82, 2.24) is 0 Å². The van der Waals surface area contributed by atoms with E-state index in [1.54, 1.807) is 32.9 Å². The summed E-state index contributed by atoms with van der Waals surface area (Å²) in [5.74, 6) is 3.36. The fourth-order valence-electron chi connectivity index (χ4n) is 4.50. The maximum atomic E-state index is 7.50. The fraction of sp³-hybridized carbons (Fsp3) is 0.529. The smallest absolute Gasteiger partial charge is 0 e. The molecule has 0 aliphatic carbocycles. The van der Waals surface area contributed by atoms with E-state index in [-0.39, 0.29) is 25.6 Å². The summed E-state index contributed by atoms with van der Waals surface area (Å²) in [7, 11) is 0.0605. The Balaban J connectivity index is -0.000000659. The molecule has 2 aromatic rings. The van der Waals surface area contributed by atoms with Gasteiger partial charge in [-0.1, -0.05) is 107 Å². The first-order valence-electron chi connectivity index (χ1n) is 13.4. The minimum absolute atomic E-state index is 0. The van der Waals surface area contributed by atoms with Gasteiger partial charge in [0.25, 0.3) is 0 Å². The Morgan fingerprint density at radius 3 is 0.700 bits per heavy atom. The summed E-state index contributed by atoms with van der Waals surface area (Å²) in [4.78, 5) is 0. The Morgan fingerprint density at radius 2 is 0.575 bits per heavy atom. The normalized spacial score (nSPS) is 9.85. The van der Waals surface area contributed by atoms with Crippen molar-refractivity contribution in [3.63, 3.8) is 0 Å². The predicted octanol–water partition coefficient (Wildman–Crippen LogP) is 8.64. The van der Waals surface area contributed by atoms with Crippen molar-refractivity contribution in [2.75, 3.05) is 0 Å². The minimum atomic E-state index is 0. The molecule has 0 aliphatic heterocycles. The van der Waals surface area contributed by atoms with E-state index in [0.717, 1.165) is 0 Å². The molecule has 0 bridgehead atoms. The predicted molar refractivity (Wildman–Crippen MR) is 162 cm³/mol. The van der Waals surface area contributed by atoms with E-state index in [1.807, 2.05) is 0 Å². The zero-order valence-corrected chi connectivity index (χ0v) is 28.6. The Labute approximate surface area is 257 Å². The molecule has 6 heteroatoms. The van der Waals surface area contributed by atoms with Crippen LogP contribution in [0.3, 0.4) is 0 Å². The van der Waals surface area contributed by atoms with Crippen LogP contribution in [0.2, 0.25) is 0 Å². The molecule has 0 saturated carbocycles. The van der Waals surface area contributed by atoms with Gasteiger partial charge in [0.15, 0.2) is 0 Å². The van der Waals surface area contributed by atoms with Crippen LogP contribution in [0.15, 0.2) is 24.3 Å². The third-order valence-electron chi connectivity index (χ3n) is 6.64. The van der Waals surface area contributed by atoms with Crippen molar-refractivity contribution in [3.05, 3.63) is 84.2 Å². The molecule has 0 unspecified atom stereocenters. The Bertz CT molecular complexity index is 919. The van der Waals surface area contributed by atoms with Crippen LogP contribution in [0, 0.1) is 26.6 Å². The van der Waals surface area contributed by atoms with Crippen molar-refractivity contribution in [2.24, 2.45) is 0 Å². The van der Waals surface area contributed by atoms with Gasteiger partial charge < -0.3 is 0 Å². The second-order valence-electron chi connectivity index (χ2n) is 11.3. The zero-order valence-electron chi connectivity index (χ0n) is 26.3. The van der Waals surface area contributed by atoms with Gasteiger partial charge >= 0.3 is 45.2 Å². The van der Waals surface area contributed by atoms with Gasteiger partial charge in [0.2, 0.25) is 0 Å². The molecular weight excluding hydrogens is 559 g/mol. The quantitative estimate of drug-likeness (QED) is 0.125. The van der Waals surface area contributed by atoms with Crippen LogP contribution in [0.1, 0.15) is 152 Å². The standard InChI is InChI=1S/C30H47P.4CO.Fe/c1-17(2)23-13-25(19(5)6)29(26(14-23)20(7)8)31-30-27(21(9)10)15-24(18(3)4)16-28(30)22(11)12;4*1-2;/h13-22,31H,1-12H3;;;;;/p+1. The molecular formula is C34H48FeO4P+. The van der Waals surface area contributed by atoms with Crippen molar-refractivity contribution in [3.8, 4) is 0 Å². The van der Waals surface area contributed by atoms with E-state index in [0.29, 0.717) is 35.5 Å². The average molecular weight is 608 g/mol. The molecule has 2 rings (SSSR count). The molecule has 0 aromatic heterocycles. The van der Waals surface area contributed by atoms with Gasteiger partial charge in [0.05, 0.1) is 8.58 Å². The third kappa shape index (κ3) is 13.3. The van der Waals surface area contributed by atoms with Crippen LogP contribution in [-0.4, -0.2) is 0 Å². The zero-order chi connectivity index (χ0) is 31.6. The molecule has 0 heterocycles. The van der Waals surface area contributed by atoms with E-state index < -0.39 is 0 Å². The Kier molecular flexibility index (Phi) is 27.2. The molecule has 0 radical (unpaired) electrons. The second-order valence-corrected chi connectivity index (χ2v) is 12.7. The van der Waals surface area contributed by atoms with Gasteiger partial charge in [-0.25, -0.2) is 0 Å². The van der Waals surface area contributed by atoms with E-state index in [2.05, 4.69) is 134 Å². The molecule has 0 atom stereocenters. The topological polar surface area (TPSA) is 79.6 Å². The molecule has 4 nitrogen and oxygen atoms in total. The van der Waals surface area contributed by atoms with Gasteiger partial charge in [-0.05, 0) is 68.9 Å². The van der Waals surface area contributed by atoms with Gasteiger partial charge in [0.1, 0.15) is 10.6 Å². The van der Waals surface area contributed by atoms with Crippen molar-refractivity contribution in [2.45, 2.75) is 119 Å². The Hall–Kier alpha value is -1.65. The Morgan fingerprint density at radius 1 is 0.400 bits per heavy atom. The molecule has 0 spiro atoms. The van der Waals surface area contributed by atoms with E-state index in [4.69, 9.17) is 18.6 Å². The third-order valence-corrected chi connectivity index (χ3v) is 8.55. The molecule has 0 saturated heterocycles. The summed E-state index contributed by atoms with van der Waals surface area (Å²) < 4.78 is 30.0. The summed E-state index contributed by atoms with van der Waals surface area (Å²) in [6, 6.07) is 10.1. The molecule has 40 heavy (non-hydrogen) atoms. The van der Waals surface area contributed by atoms with E-state index >= 15 is 0 Å². The molecule has 0 N–H and O–H groups in total. The number of benzene rings is 2. The van der Waals surface area contributed by atoms with Crippen molar-refractivity contribution in [1.29, 1.82) is 0 Å². The average Bonchev–Trinajstić information content (AvgIpc) is 2.92. The monoisotopic (exact) mass is 607 g/mol. The summed E-state index contributed by atoms with van der Waals surface area (Å²) in [6.45, 7) is 46.3. The number of rotatable bonds is 8. The van der Waals surface area contributed by atoms with Crippen molar-refractivity contribution < 1.29 is 35.7 Å². The molecule has 0 amide bonds. The first-order chi connectivity index (χ1) is 18.3. The van der Waals surface area contributed by atoms with Gasteiger partial charge in [-0.2, -0.15) is 0 Å². The van der Waals surface area contributed by atoms with E-state index in [1.165, 1.54) is 11.1 Å². The summed E-state index contributed by atoms with van der Waals surface area (Å²) in [5.41, 5.74) is 9.34. The van der Waals surface area contributed by atoms with Crippen LogP contribution in [0.4, 0.5) is 0 Å². The van der Waals surface area contributed by atoms with E-state index in [9.17, 15) is 0 Å². The maximum Gasteiger partial charge on any atom is 0 e. The largest absolute Gasteiger partial charge is 0 e. The summed E-state index contributed by atoms with van der Waals surface area (Å²) in [6.07, 6.45) is 0. The SMILES string of the molecule is CC(C)c1cc(C(C)C)c([PH2+]c2c(C(C)C)cc(C(C)C)cc2C(C)C)c(C(C)C)c1.[C-]#[O+].[C-]#[O+].[C-]#[O+].[C-]#[O+].[Fe]. The van der Waals surface area contributed by atoms with Crippen LogP contribution in [0.25, 0.3) is 0 Å². The van der Waals surface area contributed by atoms with Crippen LogP contribution in [0.5, 0.6) is 0 Å². The molecule has 0 aliphatic rings. The fourth-order valence-corrected chi connectivity index (χ4v) is 7.12. The van der Waals surface area contributed by atoms with Crippen LogP contribution < -0.4 is 10.6 Å². The van der Waals surface area contributed by atoms with Crippen LogP contribution >= 0.6 is 8.58 Å². The number of hydrogen-bond acceptors (Lipinski definition) is 0. The first-order valence-corrected chi connectivity index (χ1v) is 14.5. The molecule has 0 fully saturated rings. The molecule has 2 aromatic carbocycles. The van der Waals surface area contributed by atoms with Crippen molar-refractivity contribution >= 4 is 19.2 Å². The maximum absolute atomic E-state index is 7.50. The van der Waals surface area contributed by atoms with Crippen LogP contribution in [-0.2, 0) is 35.7 Å². The van der Waals surface area contributed by atoms with Gasteiger partial charge in [-0.3, -0.25) is 0 Å². The number of hydrogen-bond donors (Lipinski definition) is 0. The van der Waals surface area contributed by atoms with Gasteiger partial charge in [0, 0.05) is 17.1 Å². The molecule has 220 valence electrons. The first kappa shape index (κ1) is 45.3. The summed E-state index contributed by atoms with van der Waals surface area (Å²) >= 11 is 0. The minimum Gasteiger partial charge on any atom is 0 e. The summed E-state index contributed by atoms with van der Waals surface area (Å²) in [5, 5.41) is 3.32. The van der Waals surface area contributed by atoms with Gasteiger partial charge in [-0.15, -0.1) is 0 Å².